The summed E-state index contributed by atoms with van der Waals surface area (Å²) in [5.41, 5.74) is 0. The number of allylic oxidation sites excluding steroid dienone is 1. The van der Waals surface area contributed by atoms with Crippen LogP contribution in [0, 0.1) is 11.8 Å². The van der Waals surface area contributed by atoms with E-state index in [0.717, 1.165) is 6.42 Å². The summed E-state index contributed by atoms with van der Waals surface area (Å²) in [6.07, 6.45) is 4.87. The van der Waals surface area contributed by atoms with Crippen molar-refractivity contribution in [3.63, 3.8) is 0 Å². The van der Waals surface area contributed by atoms with E-state index in [4.69, 9.17) is 0 Å². The molecule has 5 nitrogen and oxygen atoms in total. The van der Waals surface area contributed by atoms with E-state index in [1.165, 1.54) is 0 Å². The van der Waals surface area contributed by atoms with Crippen LogP contribution in [0.1, 0.15) is 12.8 Å². The van der Waals surface area contributed by atoms with E-state index in [0.29, 0.717) is 6.42 Å². The molecule has 13 heavy (non-hydrogen) atoms. The van der Waals surface area contributed by atoms with Gasteiger partial charge in [0.05, 0.1) is 11.8 Å². The second kappa shape index (κ2) is 3.18. The second-order valence-electron chi connectivity index (χ2n) is 3.01. The fraction of sp³-hybridized carbons (Fsp3) is 0.500. The predicted molar refractivity (Wildman–Crippen MR) is 38.6 cm³/mol. The maximum absolute atomic E-state index is 11.2. The van der Waals surface area contributed by atoms with Crippen LogP contribution >= 0.6 is 0 Å². The van der Waals surface area contributed by atoms with Crippen LogP contribution in [0.4, 0.5) is 0 Å². The number of carbonyl (C=O) groups is 2. The maximum Gasteiger partial charge on any atom is 0.354 e. The summed E-state index contributed by atoms with van der Waals surface area (Å²) >= 11 is 0. The Morgan fingerprint density at radius 2 is 2.00 bits per heavy atom. The quantitative estimate of drug-likeness (QED) is 0.405. The highest BCUT2D eigenvalue weighted by Crippen LogP contribution is 2.29. The summed E-state index contributed by atoms with van der Waals surface area (Å²) in [7, 11) is 0. The van der Waals surface area contributed by atoms with Crippen molar-refractivity contribution in [3.05, 3.63) is 12.2 Å². The lowest BCUT2D eigenvalue weighted by atomic mass is 9.84. The summed E-state index contributed by atoms with van der Waals surface area (Å²) < 4.78 is 0. The largest absolute Gasteiger partial charge is 0.354 e. The summed E-state index contributed by atoms with van der Waals surface area (Å²) in [4.78, 5) is 30.8. The highest BCUT2D eigenvalue weighted by atomic mass is 17.5. The Morgan fingerprint density at radius 1 is 1.23 bits per heavy atom. The van der Waals surface area contributed by atoms with Gasteiger partial charge in [-0.1, -0.05) is 12.2 Å². The van der Waals surface area contributed by atoms with Crippen LogP contribution < -0.4 is 0 Å². The molecule has 2 atom stereocenters. The van der Waals surface area contributed by atoms with Crippen LogP contribution in [0.25, 0.3) is 0 Å². The molecule has 5 heteroatoms. The molecular formula is C8H8O5. The number of hydrogen-bond acceptors (Lipinski definition) is 5. The van der Waals surface area contributed by atoms with Crippen molar-refractivity contribution in [2.45, 2.75) is 12.8 Å². The number of fused-ring (bicyclic) bond motifs is 1. The average Bonchev–Trinajstić information content (AvgIpc) is 2.29. The first-order chi connectivity index (χ1) is 6.29. The molecule has 0 radical (unpaired) electrons. The lowest BCUT2D eigenvalue weighted by Gasteiger charge is -2.18. The zero-order valence-electron chi connectivity index (χ0n) is 6.76. The van der Waals surface area contributed by atoms with Gasteiger partial charge in [0.25, 0.3) is 0 Å². The van der Waals surface area contributed by atoms with Gasteiger partial charge in [-0.05, 0) is 12.8 Å². The SMILES string of the molecule is O=C1OOOC(=O)C2CCC=CC12. The molecule has 0 aromatic carbocycles. The molecule has 1 aliphatic carbocycles. The third-order valence-electron chi connectivity index (χ3n) is 2.23. The highest BCUT2D eigenvalue weighted by Gasteiger charge is 2.39. The molecule has 2 aliphatic rings. The molecule has 2 unspecified atom stereocenters. The Morgan fingerprint density at radius 3 is 2.85 bits per heavy atom. The summed E-state index contributed by atoms with van der Waals surface area (Å²) in [6.45, 7) is 0. The van der Waals surface area contributed by atoms with Gasteiger partial charge in [0.15, 0.2) is 0 Å². The van der Waals surface area contributed by atoms with Crippen LogP contribution in [-0.2, 0) is 24.4 Å². The normalized spacial score (nSPS) is 32.9. The Labute approximate surface area is 74.1 Å². The van der Waals surface area contributed by atoms with E-state index in [2.05, 4.69) is 14.8 Å². The van der Waals surface area contributed by atoms with Crippen molar-refractivity contribution < 1.29 is 24.4 Å². The van der Waals surface area contributed by atoms with Gasteiger partial charge in [-0.2, -0.15) is 0 Å². The first-order valence-corrected chi connectivity index (χ1v) is 4.04. The minimum atomic E-state index is -0.577. The van der Waals surface area contributed by atoms with Crippen molar-refractivity contribution >= 4 is 11.9 Å². The fourth-order valence-electron chi connectivity index (χ4n) is 1.54. The first kappa shape index (κ1) is 8.25. The molecule has 1 fully saturated rings. The van der Waals surface area contributed by atoms with Crippen molar-refractivity contribution in [1.82, 2.24) is 0 Å². The van der Waals surface area contributed by atoms with Gasteiger partial charge >= 0.3 is 11.9 Å². The molecule has 0 spiro atoms. The number of rotatable bonds is 0. The molecular weight excluding hydrogens is 176 g/mol. The molecule has 1 aliphatic heterocycles. The Hall–Kier alpha value is -1.36. The van der Waals surface area contributed by atoms with Gasteiger partial charge in [0.1, 0.15) is 0 Å². The second-order valence-corrected chi connectivity index (χ2v) is 3.01. The van der Waals surface area contributed by atoms with Gasteiger partial charge in [-0.15, -0.1) is 0 Å². The Balaban J connectivity index is 2.26. The predicted octanol–water partition coefficient (Wildman–Crippen LogP) is 0.515. The minimum absolute atomic E-state index is 0.458. The molecule has 0 aromatic rings. The fourth-order valence-corrected chi connectivity index (χ4v) is 1.54. The standard InChI is InChI=1S/C8H8O5/c9-7-5-3-1-2-4-6(5)8(10)12-13-11-7/h1,3,5-6H,2,4H2. The van der Waals surface area contributed by atoms with Crippen LogP contribution in [0.2, 0.25) is 0 Å². The molecule has 70 valence electrons. The molecule has 2 rings (SSSR count). The minimum Gasteiger partial charge on any atom is -0.259 e. The highest BCUT2D eigenvalue weighted by molar-refractivity contribution is 5.84. The zero-order valence-corrected chi connectivity index (χ0v) is 6.76. The first-order valence-electron chi connectivity index (χ1n) is 4.04. The Kier molecular flexibility index (Phi) is 2.02. The topological polar surface area (TPSA) is 61.8 Å². The molecule has 0 aromatic heterocycles. The zero-order chi connectivity index (χ0) is 9.26. The molecule has 1 heterocycles. The molecule has 0 bridgehead atoms. The van der Waals surface area contributed by atoms with E-state index in [1.54, 1.807) is 6.08 Å². The third-order valence-corrected chi connectivity index (χ3v) is 2.23. The van der Waals surface area contributed by atoms with E-state index in [1.807, 2.05) is 6.08 Å². The average molecular weight is 184 g/mol. The van der Waals surface area contributed by atoms with Gasteiger partial charge < -0.3 is 0 Å². The van der Waals surface area contributed by atoms with E-state index in [9.17, 15) is 9.59 Å². The Bertz CT molecular complexity index is 270. The lowest BCUT2D eigenvalue weighted by Crippen LogP contribution is -2.28. The van der Waals surface area contributed by atoms with Gasteiger partial charge in [-0.25, -0.2) is 9.59 Å². The molecule has 1 saturated heterocycles. The van der Waals surface area contributed by atoms with Gasteiger partial charge in [0.2, 0.25) is 0 Å². The number of carbonyl (C=O) groups excluding carboxylic acids is 2. The lowest BCUT2D eigenvalue weighted by molar-refractivity contribution is -0.456. The van der Waals surface area contributed by atoms with Crippen LogP contribution in [0.3, 0.4) is 0 Å². The van der Waals surface area contributed by atoms with Gasteiger partial charge in [0, 0.05) is 5.04 Å². The molecule has 0 N–H and O–H groups in total. The van der Waals surface area contributed by atoms with Crippen LogP contribution in [0.5, 0.6) is 0 Å². The van der Waals surface area contributed by atoms with Gasteiger partial charge in [-0.3, -0.25) is 9.78 Å². The van der Waals surface area contributed by atoms with Crippen molar-refractivity contribution in [2.75, 3.05) is 0 Å². The monoisotopic (exact) mass is 184 g/mol. The summed E-state index contributed by atoms with van der Waals surface area (Å²) in [5, 5.41) is 3.98. The third kappa shape index (κ3) is 1.42. The maximum atomic E-state index is 11.2. The van der Waals surface area contributed by atoms with Crippen molar-refractivity contribution in [1.29, 1.82) is 0 Å². The smallest absolute Gasteiger partial charge is 0.259 e. The molecule has 0 amide bonds. The van der Waals surface area contributed by atoms with Crippen LogP contribution in [-0.4, -0.2) is 11.9 Å². The summed E-state index contributed by atoms with van der Waals surface area (Å²) in [6, 6.07) is 0. The molecule has 0 saturated carbocycles. The van der Waals surface area contributed by atoms with E-state index >= 15 is 0 Å². The van der Waals surface area contributed by atoms with E-state index < -0.39 is 23.8 Å². The summed E-state index contributed by atoms with van der Waals surface area (Å²) in [5.74, 6) is -2.13. The van der Waals surface area contributed by atoms with Crippen LogP contribution in [0.15, 0.2) is 12.2 Å². The van der Waals surface area contributed by atoms with Crippen molar-refractivity contribution in [3.8, 4) is 0 Å². The van der Waals surface area contributed by atoms with E-state index in [-0.39, 0.29) is 0 Å². The van der Waals surface area contributed by atoms with Crippen molar-refractivity contribution in [2.24, 2.45) is 11.8 Å². The number of hydrogen-bond donors (Lipinski definition) is 0.